The highest BCUT2D eigenvalue weighted by molar-refractivity contribution is 5.90. The van der Waals surface area contributed by atoms with Gasteiger partial charge in [0.05, 0.1) is 16.8 Å². The monoisotopic (exact) mass is 612 g/mol. The molecule has 0 fully saturated rings. The lowest BCUT2D eigenvalue weighted by Gasteiger charge is -2.35. The fourth-order valence-corrected chi connectivity index (χ4v) is 6.46. The van der Waals surface area contributed by atoms with Crippen LogP contribution in [0.15, 0.2) is 121 Å². The van der Waals surface area contributed by atoms with Crippen LogP contribution in [-0.2, 0) is 5.41 Å². The Hall–Kier alpha value is -6.76. The molecule has 6 nitrogen and oxygen atoms in total. The van der Waals surface area contributed by atoms with Crippen molar-refractivity contribution in [3.05, 3.63) is 155 Å². The van der Waals surface area contributed by atoms with Gasteiger partial charge in [-0.05, 0) is 94.0 Å². The van der Waals surface area contributed by atoms with Crippen LogP contribution in [0.3, 0.4) is 0 Å². The summed E-state index contributed by atoms with van der Waals surface area (Å²) in [6.07, 6.45) is 12.4. The Labute approximate surface area is 272 Å². The molecule has 47 heavy (non-hydrogen) atoms. The van der Waals surface area contributed by atoms with Crippen LogP contribution in [0.5, 0.6) is 34.5 Å². The van der Waals surface area contributed by atoms with Gasteiger partial charge >= 0.3 is 0 Å². The molecule has 0 spiro atoms. The highest BCUT2D eigenvalue weighted by atomic mass is 16.5. The smallest absolute Gasteiger partial charge is 0.142 e. The maximum Gasteiger partial charge on any atom is 0.142 e. The molecule has 1 aliphatic rings. The van der Waals surface area contributed by atoms with Crippen molar-refractivity contribution in [1.82, 2.24) is 0 Å². The van der Waals surface area contributed by atoms with Crippen LogP contribution in [-0.4, -0.2) is 10.2 Å². The van der Waals surface area contributed by atoms with E-state index in [0.717, 1.165) is 44.5 Å². The Morgan fingerprint density at radius 1 is 0.511 bits per heavy atom. The van der Waals surface area contributed by atoms with Gasteiger partial charge in [0.15, 0.2) is 0 Å². The van der Waals surface area contributed by atoms with Gasteiger partial charge in [-0.25, -0.2) is 0 Å². The molecule has 0 heterocycles. The molecule has 226 valence electrons. The Balaban J connectivity index is 1.42. The fraction of sp³-hybridized carbons (Fsp3) is 0.0244. The van der Waals surface area contributed by atoms with Crippen LogP contribution in [0.2, 0.25) is 0 Å². The molecule has 6 N–H and O–H groups in total. The summed E-state index contributed by atoms with van der Waals surface area (Å²) >= 11 is 0. The summed E-state index contributed by atoms with van der Waals surface area (Å²) in [4.78, 5) is 0. The molecule has 0 atom stereocenters. The molecule has 0 radical (unpaired) electrons. The van der Waals surface area contributed by atoms with Gasteiger partial charge < -0.3 is 31.2 Å². The van der Waals surface area contributed by atoms with Crippen molar-refractivity contribution in [2.24, 2.45) is 0 Å². The number of benzene rings is 6. The Morgan fingerprint density at radius 2 is 0.894 bits per heavy atom. The molecule has 0 unspecified atom stereocenters. The van der Waals surface area contributed by atoms with Gasteiger partial charge in [-0.3, -0.25) is 0 Å². The van der Waals surface area contributed by atoms with Crippen LogP contribution < -0.4 is 20.9 Å². The Bertz CT molecular complexity index is 2100. The lowest BCUT2D eigenvalue weighted by molar-refractivity contribution is 0.456. The number of nitrogen functional groups attached to an aromatic ring is 2. The average molecular weight is 613 g/mol. The first-order chi connectivity index (χ1) is 22.8. The molecule has 6 heteroatoms. The van der Waals surface area contributed by atoms with Gasteiger partial charge in [-0.1, -0.05) is 60.4 Å². The minimum absolute atomic E-state index is 0.0542. The summed E-state index contributed by atoms with van der Waals surface area (Å²) in [5, 5.41) is 20.1. The number of ether oxygens (including phenoxy) is 2. The molecule has 6 aromatic carbocycles. The van der Waals surface area contributed by atoms with E-state index in [1.807, 2.05) is 72.8 Å². The summed E-state index contributed by atoms with van der Waals surface area (Å²) in [6, 6.07) is 37.1. The first-order valence-electron chi connectivity index (χ1n) is 14.8. The van der Waals surface area contributed by atoms with Crippen molar-refractivity contribution in [2.45, 2.75) is 5.41 Å². The minimum Gasteiger partial charge on any atom is -0.506 e. The number of hydrogen-bond acceptors (Lipinski definition) is 6. The molecule has 0 saturated carbocycles. The highest BCUT2D eigenvalue weighted by Gasteiger charge is 2.48. The molecule has 1 aliphatic carbocycles. The lowest BCUT2D eigenvalue weighted by Crippen LogP contribution is -2.30. The zero-order chi connectivity index (χ0) is 32.7. The third-order valence-electron chi connectivity index (χ3n) is 8.53. The van der Waals surface area contributed by atoms with Crippen molar-refractivity contribution in [1.29, 1.82) is 0 Å². The van der Waals surface area contributed by atoms with Gasteiger partial charge in [0.1, 0.15) is 34.5 Å². The zero-order valence-corrected chi connectivity index (χ0v) is 25.1. The van der Waals surface area contributed by atoms with E-state index < -0.39 is 5.41 Å². The molecule has 0 aromatic heterocycles. The first kappa shape index (κ1) is 29.0. The molecule has 6 aromatic rings. The van der Waals surface area contributed by atoms with Crippen LogP contribution in [0, 0.1) is 24.7 Å². The van der Waals surface area contributed by atoms with Gasteiger partial charge in [0.2, 0.25) is 0 Å². The van der Waals surface area contributed by atoms with E-state index in [2.05, 4.69) is 24.0 Å². The number of anilines is 2. The molecule has 0 bridgehead atoms. The van der Waals surface area contributed by atoms with E-state index in [1.165, 1.54) is 12.1 Å². The van der Waals surface area contributed by atoms with Crippen molar-refractivity contribution >= 4 is 11.4 Å². The zero-order valence-electron chi connectivity index (χ0n) is 25.1. The van der Waals surface area contributed by atoms with Crippen LogP contribution in [0.1, 0.15) is 33.4 Å². The number of phenolic OH excluding ortho intramolecular Hbond substituents is 2. The van der Waals surface area contributed by atoms with E-state index in [1.54, 1.807) is 24.3 Å². The minimum atomic E-state index is -0.896. The largest absolute Gasteiger partial charge is 0.506 e. The van der Waals surface area contributed by atoms with Crippen molar-refractivity contribution in [3.8, 4) is 70.3 Å². The molecular formula is C41H28N2O4. The number of terminal acetylenes is 2. The van der Waals surface area contributed by atoms with Crippen LogP contribution >= 0.6 is 0 Å². The second-order valence-electron chi connectivity index (χ2n) is 11.2. The summed E-state index contributed by atoms with van der Waals surface area (Å²) in [6.45, 7) is 0. The van der Waals surface area contributed by atoms with E-state index in [9.17, 15) is 10.2 Å². The molecule has 0 amide bonds. The van der Waals surface area contributed by atoms with Crippen molar-refractivity contribution in [2.75, 3.05) is 11.5 Å². The quantitative estimate of drug-likeness (QED) is 0.0857. The van der Waals surface area contributed by atoms with E-state index in [4.69, 9.17) is 33.8 Å². The second kappa shape index (κ2) is 11.3. The topological polar surface area (TPSA) is 111 Å². The summed E-state index contributed by atoms with van der Waals surface area (Å²) in [7, 11) is 0. The van der Waals surface area contributed by atoms with E-state index in [-0.39, 0.29) is 22.9 Å². The molecule has 7 rings (SSSR count). The van der Waals surface area contributed by atoms with Gasteiger partial charge in [-0.15, -0.1) is 12.8 Å². The number of aromatic hydroxyl groups is 2. The Kier molecular flexibility index (Phi) is 6.97. The summed E-state index contributed by atoms with van der Waals surface area (Å²) in [5.74, 6) is 7.79. The average Bonchev–Trinajstić information content (AvgIpc) is 3.40. The standard InChI is InChI=1S/C41H28N2O4/c1-3-25-7-5-9-33-34-10-6-8-26(4-2)40(34)41(39(25)33,27-11-15-29(16-12-27)46-31-19-21-35(42)37(44)23-31)28-13-17-30(18-14-28)47-32-20-22-36(43)38(45)24-32/h1-2,5-24,44-45H,42-43H2. The number of nitrogens with two attached hydrogens (primary N) is 2. The number of phenols is 2. The molecule has 0 aliphatic heterocycles. The van der Waals surface area contributed by atoms with Gasteiger partial charge in [-0.2, -0.15) is 0 Å². The normalized spacial score (nSPS) is 12.3. The van der Waals surface area contributed by atoms with E-state index in [0.29, 0.717) is 23.0 Å². The summed E-state index contributed by atoms with van der Waals surface area (Å²) in [5.41, 5.74) is 18.4. The van der Waals surface area contributed by atoms with Crippen molar-refractivity contribution < 1.29 is 19.7 Å². The number of hydrogen-bond donors (Lipinski definition) is 4. The summed E-state index contributed by atoms with van der Waals surface area (Å²) < 4.78 is 12.1. The fourth-order valence-electron chi connectivity index (χ4n) is 6.46. The number of rotatable bonds is 6. The molecule has 0 saturated heterocycles. The third-order valence-corrected chi connectivity index (χ3v) is 8.53. The van der Waals surface area contributed by atoms with Crippen LogP contribution in [0.4, 0.5) is 11.4 Å². The van der Waals surface area contributed by atoms with Gasteiger partial charge in [0, 0.05) is 23.3 Å². The molecular weight excluding hydrogens is 584 g/mol. The maximum atomic E-state index is 10.1. The van der Waals surface area contributed by atoms with E-state index >= 15 is 0 Å². The number of fused-ring (bicyclic) bond motifs is 3. The predicted molar refractivity (Wildman–Crippen MR) is 185 cm³/mol. The SMILES string of the molecule is C#Cc1cccc2c1C(c1ccc(Oc3ccc(N)c(O)c3)cc1)(c1ccc(Oc3ccc(N)c(O)c3)cc1)c1c(C#C)cccc1-2. The maximum absolute atomic E-state index is 10.1. The Morgan fingerprint density at radius 3 is 1.26 bits per heavy atom. The highest BCUT2D eigenvalue weighted by Crippen LogP contribution is 2.58. The second-order valence-corrected chi connectivity index (χ2v) is 11.2. The van der Waals surface area contributed by atoms with Crippen LogP contribution in [0.25, 0.3) is 11.1 Å². The first-order valence-corrected chi connectivity index (χ1v) is 14.8. The third kappa shape index (κ3) is 4.73. The lowest BCUT2D eigenvalue weighted by atomic mass is 9.65. The van der Waals surface area contributed by atoms with Crippen molar-refractivity contribution in [3.63, 3.8) is 0 Å². The predicted octanol–water partition coefficient (Wildman–Crippen LogP) is 8.17. The van der Waals surface area contributed by atoms with Gasteiger partial charge in [0.25, 0.3) is 0 Å².